The Kier molecular flexibility index (Phi) is 5.93. The number of hydrogen-bond acceptors (Lipinski definition) is 4. The van der Waals surface area contributed by atoms with Gasteiger partial charge < -0.3 is 5.32 Å². The first-order valence-electron chi connectivity index (χ1n) is 8.45. The summed E-state index contributed by atoms with van der Waals surface area (Å²) in [5.41, 5.74) is 3.15. The summed E-state index contributed by atoms with van der Waals surface area (Å²) in [6.45, 7) is 2.55. The monoisotopic (exact) mass is 400 g/mol. The molecule has 0 bridgehead atoms. The Labute approximate surface area is 163 Å². The van der Waals surface area contributed by atoms with Crippen molar-refractivity contribution in [3.63, 3.8) is 0 Å². The van der Waals surface area contributed by atoms with Crippen LogP contribution in [0, 0.1) is 6.92 Å². The highest BCUT2D eigenvalue weighted by atomic mass is 32.2. The average Bonchev–Trinajstić information content (AvgIpc) is 3.19. The molecule has 2 N–H and O–H groups in total. The summed E-state index contributed by atoms with van der Waals surface area (Å²) in [7, 11) is -3.63. The van der Waals surface area contributed by atoms with E-state index in [1.54, 1.807) is 29.6 Å². The van der Waals surface area contributed by atoms with Crippen LogP contribution in [0.25, 0.3) is 0 Å². The highest BCUT2D eigenvalue weighted by Gasteiger charge is 2.16. The number of sulfonamides is 1. The average molecular weight is 401 g/mol. The van der Waals surface area contributed by atoms with Gasteiger partial charge >= 0.3 is 0 Å². The van der Waals surface area contributed by atoms with Gasteiger partial charge in [0.05, 0.1) is 0 Å². The molecule has 1 aromatic heterocycles. The topological polar surface area (TPSA) is 75.3 Å². The molecule has 5 nitrogen and oxygen atoms in total. The van der Waals surface area contributed by atoms with Crippen LogP contribution in [0.5, 0.6) is 0 Å². The van der Waals surface area contributed by atoms with Crippen LogP contribution < -0.4 is 10.0 Å². The lowest BCUT2D eigenvalue weighted by atomic mass is 10.1. The van der Waals surface area contributed by atoms with E-state index < -0.39 is 10.0 Å². The number of aryl methyl sites for hydroxylation is 1. The quantitative estimate of drug-likeness (QED) is 0.633. The molecule has 2 aromatic carbocycles. The number of rotatable bonds is 7. The van der Waals surface area contributed by atoms with Crippen molar-refractivity contribution >= 4 is 33.0 Å². The molecule has 0 saturated carbocycles. The van der Waals surface area contributed by atoms with Gasteiger partial charge in [-0.25, -0.2) is 8.42 Å². The first-order chi connectivity index (χ1) is 13.0. The number of carbonyl (C=O) groups excluding carboxylic acids is 1. The molecule has 0 unspecified atom stereocenters. The van der Waals surface area contributed by atoms with E-state index in [1.807, 2.05) is 31.2 Å². The molecule has 0 atom stereocenters. The van der Waals surface area contributed by atoms with Crippen LogP contribution in [0.4, 0.5) is 5.69 Å². The number of amides is 1. The number of hydrogen-bond donors (Lipinski definition) is 2. The van der Waals surface area contributed by atoms with E-state index >= 15 is 0 Å². The van der Waals surface area contributed by atoms with Gasteiger partial charge in [-0.15, -0.1) is 11.3 Å². The van der Waals surface area contributed by atoms with Crippen LogP contribution in [0.15, 0.2) is 70.3 Å². The fraction of sp³-hybridized carbons (Fsp3) is 0.150. The third-order valence-corrected chi connectivity index (χ3v) is 6.86. The van der Waals surface area contributed by atoms with E-state index in [4.69, 9.17) is 0 Å². The Morgan fingerprint density at radius 3 is 2.59 bits per heavy atom. The summed E-state index contributed by atoms with van der Waals surface area (Å²) < 4.78 is 27.3. The molecule has 0 radical (unpaired) electrons. The molecule has 7 heteroatoms. The lowest BCUT2D eigenvalue weighted by Crippen LogP contribution is -2.26. The van der Waals surface area contributed by atoms with Crippen molar-refractivity contribution < 1.29 is 13.2 Å². The van der Waals surface area contributed by atoms with E-state index in [9.17, 15) is 13.2 Å². The maximum absolute atomic E-state index is 12.4. The molecule has 3 rings (SSSR count). The molecule has 1 amide bonds. The molecule has 0 spiro atoms. The largest absolute Gasteiger partial charge is 0.352 e. The van der Waals surface area contributed by atoms with E-state index in [1.165, 1.54) is 23.3 Å². The summed E-state index contributed by atoms with van der Waals surface area (Å²) >= 11 is 1.14. The van der Waals surface area contributed by atoms with Crippen LogP contribution in [-0.4, -0.2) is 20.9 Å². The number of thiophene rings is 1. The summed E-state index contributed by atoms with van der Waals surface area (Å²) in [4.78, 5) is 12.4. The van der Waals surface area contributed by atoms with E-state index in [-0.39, 0.29) is 10.1 Å². The lowest BCUT2D eigenvalue weighted by molar-refractivity contribution is 0.0954. The third kappa shape index (κ3) is 4.96. The minimum Gasteiger partial charge on any atom is -0.352 e. The van der Waals surface area contributed by atoms with Crippen LogP contribution in [0.1, 0.15) is 21.5 Å². The van der Waals surface area contributed by atoms with Gasteiger partial charge in [0.15, 0.2) is 0 Å². The van der Waals surface area contributed by atoms with Crippen LogP contribution >= 0.6 is 11.3 Å². The highest BCUT2D eigenvalue weighted by molar-refractivity contribution is 7.94. The smallest absolute Gasteiger partial charge is 0.271 e. The molecule has 1 heterocycles. The van der Waals surface area contributed by atoms with Crippen molar-refractivity contribution in [3.8, 4) is 0 Å². The Bertz CT molecular complexity index is 1030. The number of benzene rings is 2. The maximum Gasteiger partial charge on any atom is 0.271 e. The predicted molar refractivity (Wildman–Crippen MR) is 109 cm³/mol. The van der Waals surface area contributed by atoms with E-state index in [2.05, 4.69) is 10.0 Å². The molecule has 0 aliphatic carbocycles. The third-order valence-electron chi connectivity index (χ3n) is 4.08. The zero-order valence-corrected chi connectivity index (χ0v) is 16.4. The van der Waals surface area contributed by atoms with Gasteiger partial charge in [0.25, 0.3) is 15.9 Å². The lowest BCUT2D eigenvalue weighted by Gasteiger charge is -2.10. The molecule has 27 heavy (non-hydrogen) atoms. The number of carbonyl (C=O) groups is 1. The minimum atomic E-state index is -3.63. The Balaban J connectivity index is 1.63. The molecule has 0 fully saturated rings. The predicted octanol–water partition coefficient (Wildman–Crippen LogP) is 3.83. The zero-order chi connectivity index (χ0) is 19.3. The van der Waals surface area contributed by atoms with Crippen molar-refractivity contribution in [2.24, 2.45) is 0 Å². The molecule has 140 valence electrons. The Hall–Kier alpha value is -2.64. The van der Waals surface area contributed by atoms with Crippen molar-refractivity contribution in [1.29, 1.82) is 0 Å². The summed E-state index contributed by atoms with van der Waals surface area (Å²) in [5, 5.41) is 4.58. The second kappa shape index (κ2) is 8.37. The molecular weight excluding hydrogens is 380 g/mol. The van der Waals surface area contributed by atoms with Gasteiger partial charge in [-0.05, 0) is 54.1 Å². The standard InChI is InChI=1S/C20H20N2O3S2/c1-15-6-2-3-7-16(15)11-12-21-20(23)17-8-4-9-18(14-17)22-27(24,25)19-10-5-13-26-19/h2-10,13-14,22H,11-12H2,1H3,(H,21,23). The highest BCUT2D eigenvalue weighted by Crippen LogP contribution is 2.20. The van der Waals surface area contributed by atoms with Gasteiger partial charge in [-0.3, -0.25) is 9.52 Å². The van der Waals surface area contributed by atoms with Crippen LogP contribution in [-0.2, 0) is 16.4 Å². The van der Waals surface area contributed by atoms with Crippen molar-refractivity contribution in [2.45, 2.75) is 17.6 Å². The first-order valence-corrected chi connectivity index (χ1v) is 10.8. The second-order valence-electron chi connectivity index (χ2n) is 6.05. The zero-order valence-electron chi connectivity index (χ0n) is 14.8. The van der Waals surface area contributed by atoms with Crippen molar-refractivity contribution in [3.05, 3.63) is 82.7 Å². The van der Waals surface area contributed by atoms with Crippen molar-refractivity contribution in [2.75, 3.05) is 11.3 Å². The summed E-state index contributed by atoms with van der Waals surface area (Å²) in [6, 6.07) is 17.7. The molecular formula is C20H20N2O3S2. The number of nitrogens with one attached hydrogen (secondary N) is 2. The van der Waals surface area contributed by atoms with Gasteiger partial charge in [0, 0.05) is 17.8 Å². The normalized spacial score (nSPS) is 11.1. The SMILES string of the molecule is Cc1ccccc1CCNC(=O)c1cccc(NS(=O)(=O)c2cccs2)c1. The summed E-state index contributed by atoms with van der Waals surface area (Å²) in [5.74, 6) is -0.235. The van der Waals surface area contributed by atoms with Gasteiger partial charge in [-0.2, -0.15) is 0 Å². The Morgan fingerprint density at radius 2 is 1.85 bits per heavy atom. The summed E-state index contributed by atoms with van der Waals surface area (Å²) in [6.07, 6.45) is 0.739. The molecule has 3 aromatic rings. The van der Waals surface area contributed by atoms with Gasteiger partial charge in [0.2, 0.25) is 0 Å². The fourth-order valence-electron chi connectivity index (χ4n) is 2.65. The van der Waals surface area contributed by atoms with Gasteiger partial charge in [-0.1, -0.05) is 36.4 Å². The molecule has 0 aliphatic heterocycles. The fourth-order valence-corrected chi connectivity index (χ4v) is 4.69. The Morgan fingerprint density at radius 1 is 1.04 bits per heavy atom. The maximum atomic E-state index is 12.4. The van der Waals surface area contributed by atoms with Crippen LogP contribution in [0.3, 0.4) is 0 Å². The molecule has 0 aliphatic rings. The second-order valence-corrected chi connectivity index (χ2v) is 8.91. The van der Waals surface area contributed by atoms with E-state index in [0.717, 1.165) is 17.8 Å². The molecule has 0 saturated heterocycles. The van der Waals surface area contributed by atoms with E-state index in [0.29, 0.717) is 17.8 Å². The van der Waals surface area contributed by atoms with Crippen molar-refractivity contribution in [1.82, 2.24) is 5.32 Å². The minimum absolute atomic E-state index is 0.232. The first kappa shape index (κ1) is 19.1. The number of anilines is 1. The van der Waals surface area contributed by atoms with Crippen LogP contribution in [0.2, 0.25) is 0 Å². The van der Waals surface area contributed by atoms with Gasteiger partial charge in [0.1, 0.15) is 4.21 Å².